The van der Waals surface area contributed by atoms with E-state index in [2.05, 4.69) is 20.2 Å². The predicted molar refractivity (Wildman–Crippen MR) is 140 cm³/mol. The number of pyridine rings is 3. The number of anilines is 1. The fourth-order valence-electron chi connectivity index (χ4n) is 5.25. The zero-order valence-electron chi connectivity index (χ0n) is 21.7. The second kappa shape index (κ2) is 10.6. The maximum atomic E-state index is 13.5. The Hall–Kier alpha value is -4.66. The highest BCUT2D eigenvalue weighted by atomic mass is 19.4. The Morgan fingerprint density at radius 2 is 1.76 bits per heavy atom. The number of aromatic nitrogens is 7. The minimum absolute atomic E-state index is 0.0218. The van der Waals surface area contributed by atoms with Gasteiger partial charge in [0, 0.05) is 66.3 Å². The molecule has 1 unspecified atom stereocenters. The Labute approximate surface area is 234 Å². The summed E-state index contributed by atoms with van der Waals surface area (Å²) >= 11 is 0. The van der Waals surface area contributed by atoms with Crippen molar-refractivity contribution < 1.29 is 26.7 Å². The molecule has 0 radical (unpaired) electrons. The van der Waals surface area contributed by atoms with Crippen molar-refractivity contribution in [3.63, 3.8) is 0 Å². The van der Waals surface area contributed by atoms with E-state index in [0.717, 1.165) is 18.3 Å². The number of nitrogens with zero attached hydrogens (tertiary/aromatic N) is 7. The van der Waals surface area contributed by atoms with E-state index in [1.165, 1.54) is 22.8 Å². The molecule has 6 rings (SSSR count). The summed E-state index contributed by atoms with van der Waals surface area (Å²) in [6.07, 6.45) is 4.05. The summed E-state index contributed by atoms with van der Waals surface area (Å²) in [7, 11) is 0. The first kappa shape index (κ1) is 27.5. The van der Waals surface area contributed by atoms with Gasteiger partial charge in [-0.15, -0.1) is 5.10 Å². The first-order valence-electron chi connectivity index (χ1n) is 12.9. The van der Waals surface area contributed by atoms with E-state index >= 15 is 0 Å². The Balaban J connectivity index is 1.43. The van der Waals surface area contributed by atoms with Gasteiger partial charge in [0.1, 0.15) is 5.69 Å². The van der Waals surface area contributed by atoms with E-state index in [9.17, 15) is 26.7 Å². The van der Waals surface area contributed by atoms with E-state index in [-0.39, 0.29) is 17.4 Å². The van der Waals surface area contributed by atoms with Gasteiger partial charge in [0.05, 0.1) is 12.2 Å². The van der Waals surface area contributed by atoms with Crippen LogP contribution < -0.4 is 11.3 Å². The van der Waals surface area contributed by atoms with Crippen molar-refractivity contribution in [2.45, 2.75) is 31.6 Å². The van der Waals surface area contributed by atoms with Crippen molar-refractivity contribution in [2.24, 2.45) is 5.92 Å². The molecule has 1 aliphatic rings. The van der Waals surface area contributed by atoms with Crippen molar-refractivity contribution in [3.05, 3.63) is 82.9 Å². The molecule has 0 aliphatic carbocycles. The van der Waals surface area contributed by atoms with E-state index in [1.807, 2.05) is 0 Å². The van der Waals surface area contributed by atoms with Crippen molar-refractivity contribution in [2.75, 3.05) is 18.9 Å². The minimum atomic E-state index is -4.56. The maximum Gasteiger partial charge on any atom is 0.433 e. The van der Waals surface area contributed by atoms with Crippen LogP contribution in [0, 0.1) is 5.92 Å². The average Bonchev–Trinajstić information content (AvgIpc) is 3.59. The molecule has 0 amide bonds. The molecule has 10 nitrogen and oxygen atoms in total. The summed E-state index contributed by atoms with van der Waals surface area (Å²) in [5.41, 5.74) is 6.74. The van der Waals surface area contributed by atoms with Gasteiger partial charge in [-0.25, -0.2) is 4.52 Å². The van der Waals surface area contributed by atoms with Gasteiger partial charge < -0.3 is 10.5 Å². The quantitative estimate of drug-likeness (QED) is 0.283. The summed E-state index contributed by atoms with van der Waals surface area (Å²) < 4.78 is 75.4. The number of fused-ring (bicyclic) bond motifs is 1. The van der Waals surface area contributed by atoms with Crippen LogP contribution in [-0.2, 0) is 10.9 Å². The molecular weight excluding hydrogens is 563 g/mol. The molecule has 218 valence electrons. The number of ether oxygens (including phenoxy) is 1. The third-order valence-corrected chi connectivity index (χ3v) is 7.26. The molecule has 5 aromatic heterocycles. The van der Waals surface area contributed by atoms with Crippen molar-refractivity contribution in [3.8, 4) is 22.3 Å². The molecule has 0 spiro atoms. The van der Waals surface area contributed by atoms with Gasteiger partial charge in [0.25, 0.3) is 5.56 Å². The van der Waals surface area contributed by atoms with Crippen molar-refractivity contribution >= 4 is 11.6 Å². The molecule has 1 saturated heterocycles. The zero-order valence-corrected chi connectivity index (χ0v) is 21.7. The van der Waals surface area contributed by atoms with Gasteiger partial charge in [-0.3, -0.25) is 19.0 Å². The van der Waals surface area contributed by atoms with Gasteiger partial charge >= 0.3 is 12.7 Å². The third kappa shape index (κ3) is 5.22. The fourth-order valence-corrected chi connectivity index (χ4v) is 5.25. The van der Waals surface area contributed by atoms with Crippen LogP contribution >= 0.6 is 0 Å². The van der Waals surface area contributed by atoms with Gasteiger partial charge in [-0.1, -0.05) is 6.07 Å². The number of halogens is 5. The highest BCUT2D eigenvalue weighted by Gasteiger charge is 2.34. The highest BCUT2D eigenvalue weighted by molar-refractivity contribution is 5.82. The molecule has 6 heterocycles. The van der Waals surface area contributed by atoms with Gasteiger partial charge in [-0.2, -0.15) is 32.0 Å². The van der Waals surface area contributed by atoms with Gasteiger partial charge in [0.2, 0.25) is 5.95 Å². The average molecular weight is 587 g/mol. The van der Waals surface area contributed by atoms with Gasteiger partial charge in [0.15, 0.2) is 5.65 Å². The van der Waals surface area contributed by atoms with E-state index in [1.54, 1.807) is 29.3 Å². The summed E-state index contributed by atoms with van der Waals surface area (Å²) in [5, 5.41) is 8.74. The first-order valence-corrected chi connectivity index (χ1v) is 12.9. The topological polar surface area (TPSA) is 118 Å². The number of hydrogen-bond acceptors (Lipinski definition) is 7. The minimum Gasteiger partial charge on any atom is -0.381 e. The second-order valence-corrected chi connectivity index (χ2v) is 9.90. The monoisotopic (exact) mass is 586 g/mol. The van der Waals surface area contributed by atoms with Crippen LogP contribution in [-0.4, -0.2) is 47.1 Å². The van der Waals surface area contributed by atoms with Crippen LogP contribution in [0.2, 0.25) is 0 Å². The standard InChI is InChI=1S/C27H23F5N8O2/c28-25(29)38-12-17(2-4-22(38)41)20-9-18(13-40-24(20)36-26(33)37-40)19-11-35-39(14-19)23(15-5-7-42-8-6-15)16-1-3-21(34-10-16)27(30,31)32/h1-4,9-15,23,25H,5-8H2,(H2,33,37). The van der Waals surface area contributed by atoms with E-state index < -0.39 is 30.0 Å². The van der Waals surface area contributed by atoms with Crippen LogP contribution in [0.5, 0.6) is 0 Å². The Morgan fingerprint density at radius 3 is 2.45 bits per heavy atom. The molecule has 1 atom stereocenters. The predicted octanol–water partition coefficient (Wildman–Crippen LogP) is 4.83. The molecule has 0 bridgehead atoms. The summed E-state index contributed by atoms with van der Waals surface area (Å²) in [6.45, 7) is -2.02. The number of hydrogen-bond donors (Lipinski definition) is 1. The fraction of sp³-hybridized carbons (Fsp3) is 0.296. The lowest BCUT2D eigenvalue weighted by Gasteiger charge is -2.30. The van der Waals surface area contributed by atoms with E-state index in [0.29, 0.717) is 58.5 Å². The smallest absolute Gasteiger partial charge is 0.381 e. The molecular formula is C27H23F5N8O2. The lowest BCUT2D eigenvalue weighted by molar-refractivity contribution is -0.141. The Morgan fingerprint density at radius 1 is 0.976 bits per heavy atom. The molecule has 0 saturated carbocycles. The van der Waals surface area contributed by atoms with Crippen molar-refractivity contribution in [1.29, 1.82) is 0 Å². The molecule has 0 aromatic carbocycles. The number of rotatable bonds is 6. The van der Waals surface area contributed by atoms with Crippen LogP contribution in [0.15, 0.2) is 66.1 Å². The molecule has 1 fully saturated rings. The summed E-state index contributed by atoms with van der Waals surface area (Å²) in [4.78, 5) is 19.8. The first-order chi connectivity index (χ1) is 20.1. The maximum absolute atomic E-state index is 13.5. The highest BCUT2D eigenvalue weighted by Crippen LogP contribution is 2.36. The number of alkyl halides is 5. The van der Waals surface area contributed by atoms with E-state index in [4.69, 9.17) is 10.5 Å². The third-order valence-electron chi connectivity index (χ3n) is 7.26. The largest absolute Gasteiger partial charge is 0.433 e. The zero-order chi connectivity index (χ0) is 29.6. The van der Waals surface area contributed by atoms with Gasteiger partial charge in [-0.05, 0) is 42.5 Å². The molecule has 15 heteroatoms. The van der Waals surface area contributed by atoms with Crippen LogP contribution in [0.25, 0.3) is 27.9 Å². The normalized spacial score (nSPS) is 15.5. The molecule has 5 aromatic rings. The number of nitrogens with two attached hydrogens (primary N) is 1. The Kier molecular flexibility index (Phi) is 6.96. The SMILES string of the molecule is Nc1nc2c(-c3ccc(=O)n(C(F)F)c3)cc(-c3cnn(C(c4ccc(C(F)(F)F)nc4)C4CCOCC4)c3)cn2n1. The lowest BCUT2D eigenvalue weighted by Crippen LogP contribution is -2.27. The summed E-state index contributed by atoms with van der Waals surface area (Å²) in [5.74, 6) is -0.0192. The Bertz CT molecular complexity index is 1790. The second-order valence-electron chi connectivity index (χ2n) is 9.90. The molecule has 42 heavy (non-hydrogen) atoms. The lowest BCUT2D eigenvalue weighted by atomic mass is 9.87. The van der Waals surface area contributed by atoms with Crippen LogP contribution in [0.4, 0.5) is 27.9 Å². The van der Waals surface area contributed by atoms with Crippen molar-refractivity contribution in [1.82, 2.24) is 33.9 Å². The number of nitrogen functional groups attached to an aromatic ring is 1. The van der Waals surface area contributed by atoms with Crippen LogP contribution in [0.3, 0.4) is 0 Å². The van der Waals surface area contributed by atoms with Crippen LogP contribution in [0.1, 0.15) is 36.7 Å². The molecule has 1 aliphatic heterocycles. The summed E-state index contributed by atoms with van der Waals surface area (Å²) in [6, 6.07) is 6.10. The molecule has 2 N–H and O–H groups in total.